The van der Waals surface area contributed by atoms with Crippen molar-refractivity contribution in [2.75, 3.05) is 45.4 Å². The van der Waals surface area contributed by atoms with Crippen molar-refractivity contribution in [3.8, 4) is 22.9 Å². The van der Waals surface area contributed by atoms with Crippen LogP contribution in [0.1, 0.15) is 51.0 Å². The van der Waals surface area contributed by atoms with Crippen LogP contribution in [-0.4, -0.2) is 96.8 Å². The van der Waals surface area contributed by atoms with Crippen molar-refractivity contribution in [2.45, 2.75) is 88.2 Å². The Morgan fingerprint density at radius 1 is 0.980 bits per heavy atom. The number of ether oxygens (including phenoxy) is 3. The van der Waals surface area contributed by atoms with Gasteiger partial charge in [0.05, 0.1) is 11.7 Å². The Kier molecular flexibility index (Phi) is 11.5. The number of benzene rings is 3. The van der Waals surface area contributed by atoms with Gasteiger partial charge in [-0.1, -0.05) is 25.1 Å². The summed E-state index contributed by atoms with van der Waals surface area (Å²) in [5.74, 6) is -1.14. The largest absolute Gasteiger partial charge is 0.508 e. The zero-order valence-electron chi connectivity index (χ0n) is 29.2. The third kappa shape index (κ3) is 7.05. The van der Waals surface area contributed by atoms with Crippen molar-refractivity contribution < 1.29 is 28.1 Å². The van der Waals surface area contributed by atoms with Gasteiger partial charge in [0.1, 0.15) is 35.6 Å². The molecule has 4 aliphatic heterocycles. The molecule has 0 amide bonds. The molecular formula is C38H47Cl2F2N5O4. The van der Waals surface area contributed by atoms with Gasteiger partial charge in [-0.15, -0.1) is 24.8 Å². The zero-order valence-corrected chi connectivity index (χ0v) is 30.9. The molecule has 4 aromatic rings. The number of rotatable bonds is 10. The van der Waals surface area contributed by atoms with Crippen molar-refractivity contribution in [3.05, 3.63) is 53.6 Å². The smallest absolute Gasteiger partial charge is 0.319 e. The number of hydrogen-bond acceptors (Lipinski definition) is 9. The monoisotopic (exact) mass is 745 g/mol. The lowest BCUT2D eigenvalue weighted by Gasteiger charge is -2.39. The minimum atomic E-state index is -0.805. The van der Waals surface area contributed by atoms with E-state index in [1.54, 1.807) is 20.3 Å². The minimum absolute atomic E-state index is 0. The highest BCUT2D eigenvalue weighted by molar-refractivity contribution is 6.03. The topological polar surface area (TPSA) is 92.2 Å². The molecule has 0 spiro atoms. The molecule has 13 heteroatoms. The Morgan fingerprint density at radius 2 is 1.71 bits per heavy atom. The second kappa shape index (κ2) is 15.5. The molecule has 5 heterocycles. The van der Waals surface area contributed by atoms with Gasteiger partial charge in [0.25, 0.3) is 0 Å². The van der Waals surface area contributed by atoms with Crippen LogP contribution in [0.2, 0.25) is 0 Å². The van der Waals surface area contributed by atoms with E-state index in [1.165, 1.54) is 12.1 Å². The molecule has 0 saturated carbocycles. The molecular weight excluding hydrogens is 699 g/mol. The van der Waals surface area contributed by atoms with Crippen LogP contribution < -0.4 is 15.0 Å². The molecule has 3 aromatic carbocycles. The fourth-order valence-corrected chi connectivity index (χ4v) is 8.98. The summed E-state index contributed by atoms with van der Waals surface area (Å²) in [6.07, 6.45) is 7.13. The number of piperazine rings is 1. The first-order valence-electron chi connectivity index (χ1n) is 17.7. The van der Waals surface area contributed by atoms with Crippen LogP contribution >= 0.6 is 24.8 Å². The summed E-state index contributed by atoms with van der Waals surface area (Å²) < 4.78 is 51.2. The summed E-state index contributed by atoms with van der Waals surface area (Å²) in [6, 6.07) is 11.6. The van der Waals surface area contributed by atoms with E-state index in [9.17, 15) is 5.11 Å². The number of phenols is 1. The van der Waals surface area contributed by atoms with E-state index in [0.29, 0.717) is 71.8 Å². The Hall–Kier alpha value is -3.06. The number of piperidine rings is 1. The molecule has 9 nitrogen and oxygen atoms in total. The summed E-state index contributed by atoms with van der Waals surface area (Å²) in [7, 11) is 3.48. The van der Waals surface area contributed by atoms with Crippen molar-refractivity contribution in [3.63, 3.8) is 0 Å². The maximum atomic E-state index is 17.0. The fraction of sp³-hybridized carbons (Fsp3) is 0.526. The van der Waals surface area contributed by atoms with Gasteiger partial charge in [-0.05, 0) is 85.0 Å². The molecule has 0 aliphatic carbocycles. The molecule has 8 rings (SSSR count). The molecule has 276 valence electrons. The first kappa shape index (κ1) is 37.7. The van der Waals surface area contributed by atoms with Crippen LogP contribution in [0.4, 0.5) is 14.6 Å². The van der Waals surface area contributed by atoms with E-state index in [-0.39, 0.29) is 72.4 Å². The van der Waals surface area contributed by atoms with Gasteiger partial charge in [-0.3, -0.25) is 4.90 Å². The molecule has 6 atom stereocenters. The van der Waals surface area contributed by atoms with Gasteiger partial charge in [-0.2, -0.15) is 9.97 Å². The number of methoxy groups -OCH3 is 2. The van der Waals surface area contributed by atoms with Gasteiger partial charge in [0.2, 0.25) is 0 Å². The van der Waals surface area contributed by atoms with Crippen LogP contribution in [0.25, 0.3) is 32.8 Å². The second-order valence-electron chi connectivity index (χ2n) is 14.3. The standard InChI is InChI=1S/C38H45F2N5O4.2ClH/c1-4-21-6-5-7-22-12-27(46)15-30(33(21)22)34-32(39)16-31-36(35(34)40)42-38(43-37(31)44-17-23-8-9-24(18-44)41-23)49-20-29(48-3)19-45-25-10-11-26(45)14-28(13-25)47-2;;/h5-7,12,15-16,23-26,28-29,41,46H,4,8-11,13-14,17-20H2,1-3H3;2*1H/t23-,24+,25-,26+,28?,29-;;/m1../s1. The van der Waals surface area contributed by atoms with Gasteiger partial charge < -0.3 is 29.5 Å². The SMILES string of the molecule is CCc1cccc2cc(O)cc(-c3c(F)cc4c(N5C[C@H]6CC[C@@H](C5)N6)nc(OC[C@@H](CN5[C@@H]6CC[C@H]5CC(OC)C6)OC)nc4c3F)c12.Cl.Cl. The van der Waals surface area contributed by atoms with Crippen LogP contribution in [0.5, 0.6) is 11.8 Å². The van der Waals surface area contributed by atoms with E-state index in [1.807, 2.05) is 25.1 Å². The number of aryl methyl sites for hydroxylation is 1. The molecule has 4 aliphatic rings. The number of halogens is 4. The molecule has 4 fully saturated rings. The normalized spacial score (nSPS) is 24.8. The first-order valence-corrected chi connectivity index (χ1v) is 17.7. The van der Waals surface area contributed by atoms with E-state index in [4.69, 9.17) is 19.2 Å². The van der Waals surface area contributed by atoms with Crippen LogP contribution in [-0.2, 0) is 15.9 Å². The average Bonchev–Trinajstić information content (AvgIpc) is 3.55. The number of anilines is 1. The molecule has 51 heavy (non-hydrogen) atoms. The van der Waals surface area contributed by atoms with Gasteiger partial charge in [-0.25, -0.2) is 8.78 Å². The van der Waals surface area contributed by atoms with E-state index >= 15 is 8.78 Å². The maximum Gasteiger partial charge on any atom is 0.319 e. The second-order valence-corrected chi connectivity index (χ2v) is 14.3. The van der Waals surface area contributed by atoms with Crippen molar-refractivity contribution in [1.29, 1.82) is 0 Å². The molecule has 4 saturated heterocycles. The third-order valence-corrected chi connectivity index (χ3v) is 11.4. The predicted octanol–water partition coefficient (Wildman–Crippen LogP) is 6.82. The number of phenolic OH excluding ortho intramolecular Hbond substituents is 1. The molecule has 1 aromatic heterocycles. The van der Waals surface area contributed by atoms with E-state index in [0.717, 1.165) is 44.1 Å². The average molecular weight is 747 g/mol. The summed E-state index contributed by atoms with van der Waals surface area (Å²) in [5, 5.41) is 16.0. The van der Waals surface area contributed by atoms with Gasteiger partial charge in [0, 0.05) is 63.4 Å². The van der Waals surface area contributed by atoms with Gasteiger partial charge in [0.15, 0.2) is 5.82 Å². The molecule has 4 bridgehead atoms. The number of hydrogen-bond donors (Lipinski definition) is 2. The van der Waals surface area contributed by atoms with E-state index < -0.39 is 11.6 Å². The molecule has 1 unspecified atom stereocenters. The number of aromatic hydroxyl groups is 1. The minimum Gasteiger partial charge on any atom is -0.508 e. The highest BCUT2D eigenvalue weighted by Crippen LogP contribution is 2.42. The zero-order chi connectivity index (χ0) is 33.8. The van der Waals surface area contributed by atoms with Crippen LogP contribution in [0, 0.1) is 11.6 Å². The summed E-state index contributed by atoms with van der Waals surface area (Å²) >= 11 is 0. The predicted molar refractivity (Wildman–Crippen MR) is 200 cm³/mol. The quantitative estimate of drug-likeness (QED) is 0.182. The highest BCUT2D eigenvalue weighted by Gasteiger charge is 2.42. The number of nitrogens with zero attached hydrogens (tertiary/aromatic N) is 4. The third-order valence-electron chi connectivity index (χ3n) is 11.4. The van der Waals surface area contributed by atoms with Crippen LogP contribution in [0.3, 0.4) is 0 Å². The highest BCUT2D eigenvalue weighted by atomic mass is 35.5. The molecule has 0 radical (unpaired) electrons. The lowest BCUT2D eigenvalue weighted by Crippen LogP contribution is -2.51. The fourth-order valence-electron chi connectivity index (χ4n) is 8.98. The Bertz CT molecular complexity index is 1860. The summed E-state index contributed by atoms with van der Waals surface area (Å²) in [6.45, 7) is 4.24. The van der Waals surface area contributed by atoms with Crippen molar-refractivity contribution in [1.82, 2.24) is 20.2 Å². The van der Waals surface area contributed by atoms with Crippen molar-refractivity contribution >= 4 is 52.3 Å². The Balaban J connectivity index is 0.00000224. The van der Waals surface area contributed by atoms with E-state index in [2.05, 4.69) is 20.1 Å². The first-order chi connectivity index (χ1) is 23.8. The maximum absolute atomic E-state index is 17.0. The lowest BCUT2D eigenvalue weighted by molar-refractivity contribution is -0.0299. The van der Waals surface area contributed by atoms with Crippen LogP contribution in [0.15, 0.2) is 36.4 Å². The lowest BCUT2D eigenvalue weighted by atomic mass is 9.92. The molecule has 2 N–H and O–H groups in total. The Labute approximate surface area is 309 Å². The summed E-state index contributed by atoms with van der Waals surface area (Å²) in [5.41, 5.74) is 0.982. The number of nitrogens with one attached hydrogen (secondary N) is 1. The summed E-state index contributed by atoms with van der Waals surface area (Å²) in [4.78, 5) is 14.1. The number of fused-ring (bicyclic) bond motifs is 6. The van der Waals surface area contributed by atoms with Gasteiger partial charge >= 0.3 is 6.01 Å². The Morgan fingerprint density at radius 3 is 2.37 bits per heavy atom. The number of aromatic nitrogens is 2. The van der Waals surface area contributed by atoms with Crippen molar-refractivity contribution in [2.24, 2.45) is 0 Å².